The highest BCUT2D eigenvalue weighted by atomic mass is 16.5. The maximum atomic E-state index is 13.3. The number of fused-ring (bicyclic) bond motifs is 1. The minimum absolute atomic E-state index is 0.232. The van der Waals surface area contributed by atoms with Crippen molar-refractivity contribution in [3.63, 3.8) is 0 Å². The highest BCUT2D eigenvalue weighted by molar-refractivity contribution is 6.04. The molecule has 0 unspecified atom stereocenters. The SMILES string of the molecule is CN/C=C\C(=N)c1ccc(Cc2cc3c(=O)n([C@H]4COCC[C@@H]4O)nnc3c(C)c2C)cn1. The number of allylic oxidation sites excluding steroid dienone is 1. The first-order valence-electron chi connectivity index (χ1n) is 10.9. The fourth-order valence-corrected chi connectivity index (χ4v) is 4.03. The fourth-order valence-electron chi connectivity index (χ4n) is 4.03. The van der Waals surface area contributed by atoms with E-state index < -0.39 is 12.1 Å². The van der Waals surface area contributed by atoms with Gasteiger partial charge in [0, 0.05) is 19.9 Å². The number of nitrogens with one attached hydrogen (secondary N) is 2. The van der Waals surface area contributed by atoms with Crippen LogP contribution in [0.4, 0.5) is 0 Å². The van der Waals surface area contributed by atoms with Crippen LogP contribution >= 0.6 is 0 Å². The van der Waals surface area contributed by atoms with Gasteiger partial charge in [0.15, 0.2) is 0 Å². The number of ether oxygens (including phenoxy) is 1. The van der Waals surface area contributed by atoms with Crippen LogP contribution in [0.1, 0.15) is 40.4 Å². The van der Waals surface area contributed by atoms with E-state index in [1.807, 2.05) is 32.0 Å². The summed E-state index contributed by atoms with van der Waals surface area (Å²) in [4.78, 5) is 17.7. The molecule has 0 saturated carbocycles. The maximum Gasteiger partial charge on any atom is 0.278 e. The Morgan fingerprint density at radius 2 is 2.18 bits per heavy atom. The van der Waals surface area contributed by atoms with Crippen molar-refractivity contribution in [2.24, 2.45) is 0 Å². The number of aliphatic hydroxyl groups is 1. The number of pyridine rings is 1. The van der Waals surface area contributed by atoms with Gasteiger partial charge >= 0.3 is 0 Å². The van der Waals surface area contributed by atoms with Gasteiger partial charge in [0.2, 0.25) is 0 Å². The van der Waals surface area contributed by atoms with Gasteiger partial charge in [-0.05, 0) is 73.4 Å². The van der Waals surface area contributed by atoms with Crippen LogP contribution in [0, 0.1) is 19.3 Å². The monoisotopic (exact) mass is 448 g/mol. The van der Waals surface area contributed by atoms with Crippen LogP contribution in [-0.4, -0.2) is 57.2 Å². The molecule has 1 saturated heterocycles. The third-order valence-electron chi connectivity index (χ3n) is 6.17. The molecule has 0 radical (unpaired) electrons. The molecular weight excluding hydrogens is 420 g/mol. The highest BCUT2D eigenvalue weighted by Gasteiger charge is 2.28. The number of aryl methyl sites for hydroxylation is 1. The van der Waals surface area contributed by atoms with E-state index in [4.69, 9.17) is 10.1 Å². The Labute approximate surface area is 191 Å². The minimum Gasteiger partial charge on any atom is -0.394 e. The Balaban J connectivity index is 1.69. The van der Waals surface area contributed by atoms with Gasteiger partial charge in [-0.15, -0.1) is 5.10 Å². The number of rotatable bonds is 6. The standard InChI is InChI=1S/C24H28N6O3/c1-14-15(2)23-18(24(32)30(29-28-23)21-13-33-9-7-22(21)31)11-17(14)10-16-4-5-20(27-12-16)19(25)6-8-26-3/h4-6,8,11-12,21-22,25-26,31H,7,9-10,13H2,1-3H3/b8-6-,25-19?/t21-,22-/m0/s1. The molecule has 4 rings (SSSR count). The third kappa shape index (κ3) is 4.55. The predicted octanol–water partition coefficient (Wildman–Crippen LogP) is 1.82. The number of aliphatic hydroxyl groups excluding tert-OH is 1. The molecule has 33 heavy (non-hydrogen) atoms. The minimum atomic E-state index is -0.694. The Bertz CT molecular complexity index is 1270. The largest absolute Gasteiger partial charge is 0.394 e. The van der Waals surface area contributed by atoms with Crippen molar-refractivity contribution in [2.45, 2.75) is 38.8 Å². The van der Waals surface area contributed by atoms with Crippen molar-refractivity contribution < 1.29 is 9.84 Å². The Morgan fingerprint density at radius 3 is 2.88 bits per heavy atom. The van der Waals surface area contributed by atoms with E-state index in [1.54, 1.807) is 25.5 Å². The number of hydrogen-bond acceptors (Lipinski definition) is 8. The van der Waals surface area contributed by atoms with E-state index in [2.05, 4.69) is 20.6 Å². The van der Waals surface area contributed by atoms with Gasteiger partial charge in [-0.1, -0.05) is 11.3 Å². The van der Waals surface area contributed by atoms with E-state index in [1.165, 1.54) is 4.68 Å². The van der Waals surface area contributed by atoms with E-state index >= 15 is 0 Å². The number of nitrogens with zero attached hydrogens (tertiary/aromatic N) is 4. The van der Waals surface area contributed by atoms with Crippen molar-refractivity contribution in [1.82, 2.24) is 25.3 Å². The first-order chi connectivity index (χ1) is 15.9. The molecule has 0 aliphatic carbocycles. The molecule has 9 nitrogen and oxygen atoms in total. The summed E-state index contributed by atoms with van der Waals surface area (Å²) >= 11 is 0. The second-order valence-electron chi connectivity index (χ2n) is 8.28. The summed E-state index contributed by atoms with van der Waals surface area (Å²) < 4.78 is 6.71. The molecule has 1 aliphatic heterocycles. The summed E-state index contributed by atoms with van der Waals surface area (Å²) in [5.74, 6) is 0. The summed E-state index contributed by atoms with van der Waals surface area (Å²) in [5, 5.41) is 30.2. The van der Waals surface area contributed by atoms with Crippen LogP contribution in [-0.2, 0) is 11.2 Å². The van der Waals surface area contributed by atoms with Crippen LogP contribution < -0.4 is 10.9 Å². The van der Waals surface area contributed by atoms with Crippen LogP contribution in [0.3, 0.4) is 0 Å². The van der Waals surface area contributed by atoms with Crippen LogP contribution in [0.25, 0.3) is 10.9 Å². The van der Waals surface area contributed by atoms with Crippen LogP contribution in [0.5, 0.6) is 0 Å². The second kappa shape index (κ2) is 9.60. The molecule has 9 heteroatoms. The first kappa shape index (κ1) is 22.8. The maximum absolute atomic E-state index is 13.3. The van der Waals surface area contributed by atoms with Crippen molar-refractivity contribution in [3.05, 3.63) is 75.0 Å². The Morgan fingerprint density at radius 1 is 1.36 bits per heavy atom. The molecule has 3 N–H and O–H groups in total. The normalized spacial score (nSPS) is 18.7. The lowest BCUT2D eigenvalue weighted by Gasteiger charge is -2.27. The molecule has 172 valence electrons. The Kier molecular flexibility index (Phi) is 6.62. The quantitative estimate of drug-likeness (QED) is 0.491. The fraction of sp³-hybridized carbons (Fsp3) is 0.375. The summed E-state index contributed by atoms with van der Waals surface area (Å²) in [7, 11) is 1.78. The summed E-state index contributed by atoms with van der Waals surface area (Å²) in [5.41, 5.74) is 5.12. The van der Waals surface area contributed by atoms with Gasteiger partial charge in [-0.2, -0.15) is 0 Å². The van der Waals surface area contributed by atoms with Crippen molar-refractivity contribution in [2.75, 3.05) is 20.3 Å². The van der Waals surface area contributed by atoms with Gasteiger partial charge < -0.3 is 15.2 Å². The molecule has 2 atom stereocenters. The zero-order valence-electron chi connectivity index (χ0n) is 19.0. The molecule has 1 aliphatic rings. The summed E-state index contributed by atoms with van der Waals surface area (Å²) in [6.07, 6.45) is 5.45. The smallest absolute Gasteiger partial charge is 0.278 e. The molecular formula is C24H28N6O3. The molecule has 1 aromatic carbocycles. The first-order valence-corrected chi connectivity index (χ1v) is 10.9. The van der Waals surface area contributed by atoms with Crippen LogP contribution in [0.15, 0.2) is 41.5 Å². The molecule has 0 bridgehead atoms. The average molecular weight is 449 g/mol. The van der Waals surface area contributed by atoms with Gasteiger partial charge in [0.1, 0.15) is 11.6 Å². The lowest BCUT2D eigenvalue weighted by molar-refractivity contribution is -0.0352. The topological polar surface area (TPSA) is 126 Å². The number of hydrogen-bond donors (Lipinski definition) is 3. The van der Waals surface area contributed by atoms with Gasteiger partial charge in [-0.25, -0.2) is 4.68 Å². The predicted molar refractivity (Wildman–Crippen MR) is 126 cm³/mol. The van der Waals surface area contributed by atoms with E-state index in [0.29, 0.717) is 41.8 Å². The number of aromatic nitrogens is 4. The van der Waals surface area contributed by atoms with E-state index in [-0.39, 0.29) is 12.2 Å². The third-order valence-corrected chi connectivity index (χ3v) is 6.17. The van der Waals surface area contributed by atoms with Gasteiger partial charge in [0.05, 0.1) is 29.5 Å². The zero-order valence-corrected chi connectivity index (χ0v) is 19.0. The molecule has 3 heterocycles. The average Bonchev–Trinajstić information content (AvgIpc) is 2.82. The molecule has 0 amide bonds. The highest BCUT2D eigenvalue weighted by Crippen LogP contribution is 2.24. The van der Waals surface area contributed by atoms with E-state index in [0.717, 1.165) is 22.3 Å². The molecule has 1 fully saturated rings. The molecule has 3 aromatic rings. The number of benzene rings is 1. The van der Waals surface area contributed by atoms with Gasteiger partial charge in [0.25, 0.3) is 5.56 Å². The summed E-state index contributed by atoms with van der Waals surface area (Å²) in [6.45, 7) is 4.65. The molecule has 0 spiro atoms. The lowest BCUT2D eigenvalue weighted by Crippen LogP contribution is -2.41. The van der Waals surface area contributed by atoms with Crippen molar-refractivity contribution in [3.8, 4) is 0 Å². The van der Waals surface area contributed by atoms with E-state index in [9.17, 15) is 9.90 Å². The second-order valence-corrected chi connectivity index (χ2v) is 8.28. The van der Waals surface area contributed by atoms with Crippen molar-refractivity contribution >= 4 is 16.6 Å². The molecule has 2 aromatic heterocycles. The zero-order chi connectivity index (χ0) is 23.5. The van der Waals surface area contributed by atoms with Crippen molar-refractivity contribution in [1.29, 1.82) is 5.41 Å². The summed E-state index contributed by atoms with van der Waals surface area (Å²) in [6, 6.07) is 5.09. The van der Waals surface area contributed by atoms with Gasteiger partial charge in [-0.3, -0.25) is 15.2 Å². The lowest BCUT2D eigenvalue weighted by atomic mass is 9.95. The Hall–Kier alpha value is -3.43. The van der Waals surface area contributed by atoms with Crippen LogP contribution in [0.2, 0.25) is 0 Å².